The van der Waals surface area contributed by atoms with Crippen molar-refractivity contribution in [3.05, 3.63) is 194 Å². The number of hydrogen-bond donors (Lipinski definition) is 0. The lowest BCUT2D eigenvalue weighted by Crippen LogP contribution is -2.37. The number of quaternary nitrogens is 1. The van der Waals surface area contributed by atoms with Crippen LogP contribution in [0.15, 0.2) is 194 Å². The Kier molecular flexibility index (Phi) is 66.2. The number of hydrogen-bond acceptors (Lipinski definition) is 8. The van der Waals surface area contributed by atoms with Crippen molar-refractivity contribution >= 4 is 19.8 Å². The summed E-state index contributed by atoms with van der Waals surface area (Å²) < 4.78 is 34.3. The van der Waals surface area contributed by atoms with E-state index in [0.717, 1.165) is 161 Å². The molecule has 0 aliphatic rings. The van der Waals surface area contributed by atoms with Gasteiger partial charge >= 0.3 is 11.9 Å². The first kappa shape index (κ1) is 86.9. The molecule has 2 atom stereocenters. The van der Waals surface area contributed by atoms with Gasteiger partial charge in [-0.05, 0) is 141 Å². The average molecular weight is 1290 g/mol. The lowest BCUT2D eigenvalue weighted by atomic mass is 10.0. The van der Waals surface area contributed by atoms with Crippen molar-refractivity contribution < 1.29 is 42.1 Å². The molecule has 0 aliphatic carbocycles. The minimum absolute atomic E-state index is 0.0452. The Balaban J connectivity index is 4.17. The minimum atomic E-state index is -4.66. The van der Waals surface area contributed by atoms with Gasteiger partial charge < -0.3 is 27.9 Å². The van der Waals surface area contributed by atoms with Crippen LogP contribution in [0, 0.1) is 0 Å². The van der Waals surface area contributed by atoms with Gasteiger partial charge in [-0.2, -0.15) is 0 Å². The third-order valence-corrected chi connectivity index (χ3v) is 15.6. The lowest BCUT2D eigenvalue weighted by molar-refractivity contribution is -0.870. The summed E-state index contributed by atoms with van der Waals surface area (Å²) in [6.45, 7) is 3.97. The van der Waals surface area contributed by atoms with Gasteiger partial charge in [0.25, 0.3) is 7.82 Å². The molecule has 0 aromatic carbocycles. The Hall–Kier alpha value is -5.15. The molecule has 10 heteroatoms. The van der Waals surface area contributed by atoms with E-state index in [0.29, 0.717) is 17.4 Å². The maximum absolute atomic E-state index is 12.9. The number of esters is 2. The third-order valence-electron chi connectivity index (χ3n) is 14.6. The number of phosphoric ester groups is 1. The molecule has 92 heavy (non-hydrogen) atoms. The van der Waals surface area contributed by atoms with Gasteiger partial charge in [-0.1, -0.05) is 298 Å². The standard InChI is InChI=1S/C82H132NO8P/c1-6-8-10-12-14-16-18-20-22-24-26-28-30-32-34-36-37-38-39-40-41-42-43-44-45-47-49-51-53-55-57-59-61-63-65-67-69-71-73-75-82(85)91-80(79-90-92(86,87)89-77-76-83(3,4)5)78-88-81(84)74-72-70-68-66-64-62-60-58-56-54-52-50-48-46-35-33-31-29-27-25-23-21-19-17-15-13-11-9-7-2/h8-11,14-17,20-23,26-29,32-35,37-38,40-41,43-44,47,49,53,55,59,61,80H,6-7,12-13,18-19,24-25,30-31,36,39,42,45-46,48,50-52,54,56-58,60,62-79H2,1-5H3/b10-8-,11-9-,16-14-,17-15-,22-20-,23-21-,28-26-,29-27-,34-32-,35-33-,38-37-,41-40-,44-43-,49-47-,55-53-,61-59-. The summed E-state index contributed by atoms with van der Waals surface area (Å²) in [5.74, 6) is -0.868. The van der Waals surface area contributed by atoms with Gasteiger partial charge in [0.15, 0.2) is 6.10 Å². The van der Waals surface area contributed by atoms with E-state index in [1.54, 1.807) is 0 Å². The molecule has 0 aliphatic heterocycles. The Morgan fingerprint density at radius 3 is 0.870 bits per heavy atom. The van der Waals surface area contributed by atoms with Gasteiger partial charge in [0, 0.05) is 12.8 Å². The van der Waals surface area contributed by atoms with E-state index >= 15 is 0 Å². The molecule has 0 aromatic rings. The number of nitrogens with zero attached hydrogens (tertiary/aromatic N) is 1. The molecule has 9 nitrogen and oxygen atoms in total. The maximum Gasteiger partial charge on any atom is 0.306 e. The van der Waals surface area contributed by atoms with Crippen LogP contribution in [0.5, 0.6) is 0 Å². The van der Waals surface area contributed by atoms with E-state index in [-0.39, 0.29) is 26.1 Å². The van der Waals surface area contributed by atoms with Crippen LogP contribution in [0.1, 0.15) is 258 Å². The summed E-state index contributed by atoms with van der Waals surface area (Å²) in [6, 6.07) is 0. The second-order valence-electron chi connectivity index (χ2n) is 24.5. The number of carbonyl (C=O) groups is 2. The average Bonchev–Trinajstić information content (AvgIpc) is 2.14. The lowest BCUT2D eigenvalue weighted by Gasteiger charge is -2.28. The molecule has 0 rings (SSSR count). The van der Waals surface area contributed by atoms with Crippen LogP contribution < -0.4 is 4.89 Å². The first-order chi connectivity index (χ1) is 45.0. The van der Waals surface area contributed by atoms with E-state index < -0.39 is 32.5 Å². The molecular weight excluding hydrogens is 1160 g/mol. The molecule has 0 aromatic heterocycles. The molecule has 0 fully saturated rings. The monoisotopic (exact) mass is 1290 g/mol. The van der Waals surface area contributed by atoms with E-state index in [1.165, 1.54) is 64.2 Å². The second-order valence-corrected chi connectivity index (χ2v) is 25.9. The molecule has 0 N–H and O–H groups in total. The summed E-state index contributed by atoms with van der Waals surface area (Å²) in [5, 5.41) is 0. The minimum Gasteiger partial charge on any atom is -0.756 e. The quantitative estimate of drug-likeness (QED) is 0.0195. The van der Waals surface area contributed by atoms with Crippen molar-refractivity contribution in [2.24, 2.45) is 0 Å². The van der Waals surface area contributed by atoms with Gasteiger partial charge in [-0.15, -0.1) is 0 Å². The van der Waals surface area contributed by atoms with Crippen molar-refractivity contribution in [3.63, 3.8) is 0 Å². The van der Waals surface area contributed by atoms with E-state index in [2.05, 4.69) is 208 Å². The fraction of sp³-hybridized carbons (Fsp3) is 0.585. The molecule has 0 amide bonds. The Bertz CT molecular complexity index is 2260. The van der Waals surface area contributed by atoms with Crippen molar-refractivity contribution in [3.8, 4) is 0 Å². The van der Waals surface area contributed by atoms with Crippen molar-refractivity contribution in [1.29, 1.82) is 0 Å². The summed E-state index contributed by atoms with van der Waals surface area (Å²) in [5.41, 5.74) is 0. The molecule has 0 saturated carbocycles. The molecule has 0 spiro atoms. The molecule has 0 saturated heterocycles. The molecule has 518 valence electrons. The Morgan fingerprint density at radius 1 is 0.337 bits per heavy atom. The van der Waals surface area contributed by atoms with Gasteiger partial charge in [0.1, 0.15) is 19.8 Å². The van der Waals surface area contributed by atoms with Gasteiger partial charge in [0.2, 0.25) is 0 Å². The molecule has 0 bridgehead atoms. The maximum atomic E-state index is 12.9. The first-order valence-electron chi connectivity index (χ1n) is 36.1. The van der Waals surface area contributed by atoms with Crippen LogP contribution in [0.3, 0.4) is 0 Å². The third kappa shape index (κ3) is 73.9. The van der Waals surface area contributed by atoms with E-state index in [4.69, 9.17) is 18.5 Å². The van der Waals surface area contributed by atoms with Crippen LogP contribution >= 0.6 is 7.82 Å². The highest BCUT2D eigenvalue weighted by Gasteiger charge is 2.22. The van der Waals surface area contributed by atoms with Crippen LogP contribution in [0.2, 0.25) is 0 Å². The molecule has 2 unspecified atom stereocenters. The number of unbranched alkanes of at least 4 members (excludes halogenated alkanes) is 18. The molecule has 0 radical (unpaired) electrons. The smallest absolute Gasteiger partial charge is 0.306 e. The van der Waals surface area contributed by atoms with Crippen LogP contribution in [-0.2, 0) is 32.7 Å². The fourth-order valence-corrected chi connectivity index (χ4v) is 9.89. The molecule has 0 heterocycles. The van der Waals surface area contributed by atoms with Crippen LogP contribution in [-0.4, -0.2) is 70.0 Å². The Morgan fingerprint density at radius 2 is 0.587 bits per heavy atom. The highest BCUT2D eigenvalue weighted by molar-refractivity contribution is 7.45. The van der Waals surface area contributed by atoms with Gasteiger partial charge in [-0.25, -0.2) is 0 Å². The highest BCUT2D eigenvalue weighted by atomic mass is 31.2. The predicted octanol–water partition coefficient (Wildman–Crippen LogP) is 23.4. The normalized spacial score (nSPS) is 14.3. The highest BCUT2D eigenvalue weighted by Crippen LogP contribution is 2.38. The SMILES string of the molecule is CC/C=C\C/C=C\C/C=C\C/C=C\C/C=C\C/C=C\C/C=C\C/C=C\C/C=C\C/C=C\C/C=C\CCCCCCCC(=O)OC(COC(=O)CCCCCCCCCCCCCCC/C=C\C/C=C\C/C=C\C/C=C\C/C=C\CC)COP(=O)([O-])OCC[N+](C)(C)C. The number of rotatable bonds is 64. The largest absolute Gasteiger partial charge is 0.756 e. The van der Waals surface area contributed by atoms with Crippen LogP contribution in [0.4, 0.5) is 0 Å². The number of allylic oxidation sites excluding steroid dienone is 32. The zero-order valence-electron chi connectivity index (χ0n) is 58.9. The van der Waals surface area contributed by atoms with Gasteiger partial charge in [-0.3, -0.25) is 14.2 Å². The van der Waals surface area contributed by atoms with Crippen molar-refractivity contribution in [1.82, 2.24) is 0 Å². The van der Waals surface area contributed by atoms with E-state index in [9.17, 15) is 19.0 Å². The summed E-state index contributed by atoms with van der Waals surface area (Å²) in [6.07, 6.45) is 109. The molecular formula is C82H132NO8P. The number of likely N-dealkylation sites (N-methyl/N-ethyl adjacent to an activating group) is 1. The fourth-order valence-electron chi connectivity index (χ4n) is 9.16. The topological polar surface area (TPSA) is 111 Å². The number of phosphoric acid groups is 1. The summed E-state index contributed by atoms with van der Waals surface area (Å²) in [4.78, 5) is 38.1. The second kappa shape index (κ2) is 70.2. The number of ether oxygens (including phenoxy) is 2. The zero-order valence-corrected chi connectivity index (χ0v) is 59.8. The van der Waals surface area contributed by atoms with E-state index in [1.807, 2.05) is 21.1 Å². The van der Waals surface area contributed by atoms with Crippen LogP contribution in [0.25, 0.3) is 0 Å². The summed E-state index contributed by atoms with van der Waals surface area (Å²) >= 11 is 0. The Labute approximate surface area is 564 Å². The van der Waals surface area contributed by atoms with Crippen molar-refractivity contribution in [2.45, 2.75) is 264 Å². The summed E-state index contributed by atoms with van der Waals surface area (Å²) in [7, 11) is 1.13. The predicted molar refractivity (Wildman–Crippen MR) is 396 cm³/mol. The first-order valence-corrected chi connectivity index (χ1v) is 37.6. The zero-order chi connectivity index (χ0) is 66.9. The van der Waals surface area contributed by atoms with Gasteiger partial charge in [0.05, 0.1) is 27.7 Å². The number of carbonyl (C=O) groups excluding carboxylic acids is 2. The van der Waals surface area contributed by atoms with Crippen molar-refractivity contribution in [2.75, 3.05) is 47.5 Å².